The van der Waals surface area contributed by atoms with Gasteiger partial charge < -0.3 is 5.11 Å². The van der Waals surface area contributed by atoms with Gasteiger partial charge >= 0.3 is 5.97 Å². The Morgan fingerprint density at radius 3 is 2.76 bits per heavy atom. The standard InChI is InChI=1S/C13H22N2O2/c1-3-5-7-12-14(4-2)10-11-15(12)9-6-8-13(16)17/h10-11H,3-9H2,1-2H3/p+1. The summed E-state index contributed by atoms with van der Waals surface area (Å²) in [4.78, 5) is 10.5. The van der Waals surface area contributed by atoms with E-state index in [0.717, 1.165) is 19.5 Å². The minimum absolute atomic E-state index is 0.248. The summed E-state index contributed by atoms with van der Waals surface area (Å²) in [5.74, 6) is 0.607. The van der Waals surface area contributed by atoms with Gasteiger partial charge in [-0.1, -0.05) is 13.3 Å². The zero-order valence-corrected chi connectivity index (χ0v) is 10.9. The quantitative estimate of drug-likeness (QED) is 0.705. The number of rotatable bonds is 8. The van der Waals surface area contributed by atoms with Crippen molar-refractivity contribution in [1.82, 2.24) is 4.57 Å². The van der Waals surface area contributed by atoms with Crippen molar-refractivity contribution < 1.29 is 14.5 Å². The van der Waals surface area contributed by atoms with E-state index >= 15 is 0 Å². The van der Waals surface area contributed by atoms with Gasteiger partial charge in [-0.25, -0.2) is 9.13 Å². The van der Waals surface area contributed by atoms with Gasteiger partial charge in [-0.15, -0.1) is 0 Å². The lowest BCUT2D eigenvalue weighted by Gasteiger charge is -2.03. The second-order valence-corrected chi connectivity index (χ2v) is 4.29. The Hall–Kier alpha value is -1.32. The highest BCUT2D eigenvalue weighted by atomic mass is 16.4. The first-order valence-corrected chi connectivity index (χ1v) is 6.48. The second-order valence-electron chi connectivity index (χ2n) is 4.29. The van der Waals surface area contributed by atoms with E-state index in [-0.39, 0.29) is 6.42 Å². The molecule has 1 N–H and O–H groups in total. The molecule has 0 saturated carbocycles. The van der Waals surface area contributed by atoms with Gasteiger partial charge in [-0.05, 0) is 19.8 Å². The van der Waals surface area contributed by atoms with Crippen molar-refractivity contribution in [2.75, 3.05) is 0 Å². The van der Waals surface area contributed by atoms with Gasteiger partial charge in [0, 0.05) is 12.8 Å². The maximum absolute atomic E-state index is 10.5. The SMILES string of the molecule is CCCCc1n(CC)cc[n+]1CCCC(=O)O. The summed E-state index contributed by atoms with van der Waals surface area (Å²) in [5.41, 5.74) is 0. The maximum Gasteiger partial charge on any atom is 0.303 e. The van der Waals surface area contributed by atoms with Crippen molar-refractivity contribution >= 4 is 5.97 Å². The lowest BCUT2D eigenvalue weighted by atomic mass is 10.2. The summed E-state index contributed by atoms with van der Waals surface area (Å²) in [6, 6.07) is 0. The molecule has 1 aromatic heterocycles. The van der Waals surface area contributed by atoms with Crippen LogP contribution in [0.1, 0.15) is 45.4 Å². The van der Waals surface area contributed by atoms with Gasteiger partial charge in [0.05, 0.1) is 13.1 Å². The molecule has 0 spiro atoms. The fourth-order valence-corrected chi connectivity index (χ4v) is 2.01. The first kappa shape index (κ1) is 13.7. The number of hydrogen-bond acceptors (Lipinski definition) is 1. The van der Waals surface area contributed by atoms with Crippen molar-refractivity contribution in [1.29, 1.82) is 0 Å². The van der Waals surface area contributed by atoms with Gasteiger partial charge in [0.2, 0.25) is 0 Å². The summed E-state index contributed by atoms with van der Waals surface area (Å²) < 4.78 is 4.44. The topological polar surface area (TPSA) is 46.1 Å². The van der Waals surface area contributed by atoms with Gasteiger partial charge in [0.25, 0.3) is 5.82 Å². The Morgan fingerprint density at radius 2 is 2.18 bits per heavy atom. The van der Waals surface area contributed by atoms with Crippen molar-refractivity contribution in [2.45, 2.75) is 59.0 Å². The highest BCUT2D eigenvalue weighted by Crippen LogP contribution is 2.03. The van der Waals surface area contributed by atoms with E-state index in [4.69, 9.17) is 5.11 Å². The Kier molecular flexibility index (Phi) is 5.73. The van der Waals surface area contributed by atoms with Crippen molar-refractivity contribution in [2.24, 2.45) is 0 Å². The van der Waals surface area contributed by atoms with Crippen molar-refractivity contribution in [3.05, 3.63) is 18.2 Å². The molecule has 0 aliphatic heterocycles. The molecular formula is C13H23N2O2+. The molecule has 17 heavy (non-hydrogen) atoms. The third kappa shape index (κ3) is 4.21. The average molecular weight is 239 g/mol. The number of unbranched alkanes of at least 4 members (excludes halogenated alkanes) is 1. The van der Waals surface area contributed by atoms with Gasteiger partial charge in [-0.3, -0.25) is 4.79 Å². The fourth-order valence-electron chi connectivity index (χ4n) is 2.01. The Balaban J connectivity index is 2.62. The molecule has 0 amide bonds. The number of hydrogen-bond donors (Lipinski definition) is 1. The number of imidazole rings is 1. The van der Waals surface area contributed by atoms with E-state index in [1.54, 1.807) is 0 Å². The average Bonchev–Trinajstić information content (AvgIpc) is 2.68. The van der Waals surface area contributed by atoms with E-state index in [1.807, 2.05) is 0 Å². The van der Waals surface area contributed by atoms with Crippen LogP contribution in [0.15, 0.2) is 12.4 Å². The smallest absolute Gasteiger partial charge is 0.303 e. The lowest BCUT2D eigenvalue weighted by molar-refractivity contribution is -0.704. The molecule has 0 radical (unpaired) electrons. The summed E-state index contributed by atoms with van der Waals surface area (Å²) in [7, 11) is 0. The molecule has 0 bridgehead atoms. The molecule has 4 nitrogen and oxygen atoms in total. The molecule has 0 saturated heterocycles. The van der Waals surface area contributed by atoms with Gasteiger partial charge in [0.1, 0.15) is 12.4 Å². The van der Waals surface area contributed by atoms with Crippen LogP contribution in [-0.4, -0.2) is 15.6 Å². The number of carbonyl (C=O) groups is 1. The molecule has 1 aromatic rings. The first-order chi connectivity index (χ1) is 8.19. The second kappa shape index (κ2) is 7.09. The Bertz CT molecular complexity index is 358. The third-order valence-corrected chi connectivity index (χ3v) is 2.97. The highest BCUT2D eigenvalue weighted by molar-refractivity contribution is 5.66. The van der Waals surface area contributed by atoms with Gasteiger partial charge in [-0.2, -0.15) is 0 Å². The Labute approximate surface area is 103 Å². The van der Waals surface area contributed by atoms with E-state index < -0.39 is 5.97 Å². The largest absolute Gasteiger partial charge is 0.481 e. The lowest BCUT2D eigenvalue weighted by Crippen LogP contribution is -2.37. The van der Waals surface area contributed by atoms with Crippen LogP contribution in [0.25, 0.3) is 0 Å². The minimum Gasteiger partial charge on any atom is -0.481 e. The van der Waals surface area contributed by atoms with Crippen LogP contribution in [0, 0.1) is 0 Å². The fraction of sp³-hybridized carbons (Fsp3) is 0.692. The van der Waals surface area contributed by atoms with Crippen LogP contribution in [0.4, 0.5) is 0 Å². The number of aryl methyl sites for hydroxylation is 2. The molecule has 0 aliphatic carbocycles. The number of nitrogens with zero attached hydrogens (tertiary/aromatic N) is 2. The van der Waals surface area contributed by atoms with E-state index in [9.17, 15) is 4.79 Å². The number of carboxylic acids is 1. The molecule has 0 fully saturated rings. The predicted molar refractivity (Wildman–Crippen MR) is 65.8 cm³/mol. The zero-order chi connectivity index (χ0) is 12.7. The molecular weight excluding hydrogens is 216 g/mol. The van der Waals surface area contributed by atoms with E-state index in [1.165, 1.54) is 18.7 Å². The molecule has 1 rings (SSSR count). The molecule has 1 heterocycles. The van der Waals surface area contributed by atoms with Gasteiger partial charge in [0.15, 0.2) is 0 Å². The molecule has 4 heteroatoms. The summed E-state index contributed by atoms with van der Waals surface area (Å²) in [5, 5.41) is 8.64. The summed E-state index contributed by atoms with van der Waals surface area (Å²) in [6.07, 6.45) is 8.55. The molecule has 0 unspecified atom stereocenters. The van der Waals surface area contributed by atoms with Crippen LogP contribution in [0.2, 0.25) is 0 Å². The van der Waals surface area contributed by atoms with Crippen LogP contribution in [-0.2, 0) is 24.3 Å². The molecule has 0 aromatic carbocycles. The Morgan fingerprint density at radius 1 is 1.41 bits per heavy atom. The first-order valence-electron chi connectivity index (χ1n) is 6.48. The summed E-state index contributed by atoms with van der Waals surface area (Å²) in [6.45, 7) is 6.11. The zero-order valence-electron chi connectivity index (χ0n) is 10.9. The van der Waals surface area contributed by atoms with Crippen LogP contribution >= 0.6 is 0 Å². The highest BCUT2D eigenvalue weighted by Gasteiger charge is 2.15. The van der Waals surface area contributed by atoms with Crippen LogP contribution in [0.5, 0.6) is 0 Å². The van der Waals surface area contributed by atoms with E-state index in [0.29, 0.717) is 6.42 Å². The minimum atomic E-state index is -0.712. The van der Waals surface area contributed by atoms with Crippen molar-refractivity contribution in [3.8, 4) is 0 Å². The maximum atomic E-state index is 10.5. The van der Waals surface area contributed by atoms with Crippen molar-refractivity contribution in [3.63, 3.8) is 0 Å². The van der Waals surface area contributed by atoms with E-state index in [2.05, 4.69) is 35.4 Å². The number of aliphatic carboxylic acids is 1. The number of carboxylic acid groups (broad SMARTS) is 1. The monoisotopic (exact) mass is 239 g/mol. The predicted octanol–water partition coefficient (Wildman–Crippen LogP) is 2.00. The van der Waals surface area contributed by atoms with Crippen LogP contribution < -0.4 is 4.57 Å². The van der Waals surface area contributed by atoms with Crippen LogP contribution in [0.3, 0.4) is 0 Å². The number of aromatic nitrogens is 2. The normalized spacial score (nSPS) is 10.7. The molecule has 0 atom stereocenters. The third-order valence-electron chi connectivity index (χ3n) is 2.97. The summed E-state index contributed by atoms with van der Waals surface area (Å²) >= 11 is 0. The molecule has 0 aliphatic rings. The molecule has 96 valence electrons.